The second kappa shape index (κ2) is 21.1. The molecule has 2 aliphatic carbocycles. The van der Waals surface area contributed by atoms with Crippen LogP contribution in [0.4, 0.5) is 0 Å². The van der Waals surface area contributed by atoms with Crippen LogP contribution in [0, 0.1) is 83.1 Å². The molecule has 2 aliphatic rings. The van der Waals surface area contributed by atoms with Crippen molar-refractivity contribution in [2.45, 2.75) is 134 Å². The Morgan fingerprint density at radius 1 is 0.258 bits per heavy atom. The Balaban J connectivity index is 0.000000135. The minimum Gasteiger partial charge on any atom is -0.0617 e. The van der Waals surface area contributed by atoms with Crippen LogP contribution in [0.25, 0.3) is 32.3 Å². The maximum Gasteiger partial charge on any atom is -0.00961 e. The Bertz CT molecular complexity index is 2570. The predicted octanol–water partition coefficient (Wildman–Crippen LogP) is 17.4. The zero-order valence-electron chi connectivity index (χ0n) is 40.2. The zero-order valence-corrected chi connectivity index (χ0v) is 40.2. The maximum atomic E-state index is 2.36. The lowest BCUT2D eigenvalue weighted by Crippen LogP contribution is -2.04. The van der Waals surface area contributed by atoms with Gasteiger partial charge < -0.3 is 0 Å². The first kappa shape index (κ1) is 46.1. The number of fused-ring (bicyclic) bond motifs is 7. The van der Waals surface area contributed by atoms with Gasteiger partial charge in [-0.05, 0) is 245 Å². The largest absolute Gasteiger partial charge is 0.0617 e. The molecule has 8 aromatic carbocycles. The van der Waals surface area contributed by atoms with Gasteiger partial charge in [-0.25, -0.2) is 0 Å². The van der Waals surface area contributed by atoms with E-state index >= 15 is 0 Å². The first-order chi connectivity index (χ1) is 29.7. The number of benzene rings is 8. The van der Waals surface area contributed by atoms with E-state index in [9.17, 15) is 0 Å². The van der Waals surface area contributed by atoms with E-state index in [1.54, 1.807) is 22.3 Å². The second-order valence-corrected chi connectivity index (χ2v) is 18.5. The van der Waals surface area contributed by atoms with Crippen molar-refractivity contribution in [2.24, 2.45) is 0 Å². The highest BCUT2D eigenvalue weighted by atomic mass is 14.2. The fraction of sp³-hybridized carbons (Fsp3) is 0.323. The summed E-state index contributed by atoms with van der Waals surface area (Å²) in [5, 5.41) is 8.15. The Morgan fingerprint density at radius 3 is 0.919 bits per heavy atom. The van der Waals surface area contributed by atoms with Gasteiger partial charge in [0.25, 0.3) is 0 Å². The predicted molar refractivity (Wildman–Crippen MR) is 275 cm³/mol. The first-order valence-electron chi connectivity index (χ1n) is 23.3. The highest BCUT2D eigenvalue weighted by Crippen LogP contribution is 2.35. The number of hydrogen-bond donors (Lipinski definition) is 0. The molecule has 10 rings (SSSR count). The molecule has 0 fully saturated rings. The summed E-state index contributed by atoms with van der Waals surface area (Å²) in [7, 11) is 0. The molecule has 0 amide bonds. The Labute approximate surface area is 375 Å². The molecule has 0 saturated heterocycles. The minimum atomic E-state index is 1.30. The average molecular weight is 817 g/mol. The lowest BCUT2D eigenvalue weighted by molar-refractivity contribution is 0.681. The molecule has 0 aromatic heterocycles. The number of hydrogen-bond acceptors (Lipinski definition) is 0. The molecule has 0 nitrogen and oxygen atoms in total. The van der Waals surface area contributed by atoms with Gasteiger partial charge in [-0.1, -0.05) is 132 Å². The molecule has 0 saturated carbocycles. The molecule has 0 N–H and O–H groups in total. The van der Waals surface area contributed by atoms with E-state index in [4.69, 9.17) is 0 Å². The molecule has 0 heterocycles. The summed E-state index contributed by atoms with van der Waals surface area (Å²) in [5.41, 5.74) is 23.4. The van der Waals surface area contributed by atoms with Crippen molar-refractivity contribution < 1.29 is 0 Å². The van der Waals surface area contributed by atoms with E-state index in [2.05, 4.69) is 204 Å². The van der Waals surface area contributed by atoms with Crippen molar-refractivity contribution in [3.05, 3.63) is 210 Å². The molecule has 0 unspecified atom stereocenters. The summed E-state index contributed by atoms with van der Waals surface area (Å²) in [5.74, 6) is 0. The van der Waals surface area contributed by atoms with Crippen molar-refractivity contribution in [3.8, 4) is 0 Å². The summed E-state index contributed by atoms with van der Waals surface area (Å²) in [6, 6.07) is 44.2. The van der Waals surface area contributed by atoms with E-state index in [-0.39, 0.29) is 0 Å². The molecule has 0 aliphatic heterocycles. The number of aryl methyl sites for hydroxylation is 12. The zero-order chi connectivity index (χ0) is 44.5. The van der Waals surface area contributed by atoms with E-state index in [1.165, 1.54) is 150 Å². The van der Waals surface area contributed by atoms with Gasteiger partial charge in [0, 0.05) is 0 Å². The van der Waals surface area contributed by atoms with E-state index in [1.807, 2.05) is 0 Å². The van der Waals surface area contributed by atoms with Gasteiger partial charge in [-0.3, -0.25) is 0 Å². The summed E-state index contributed by atoms with van der Waals surface area (Å²) < 4.78 is 0. The SMILES string of the molecule is Cc1cc(C)c2c(c1)CCCC2.Cc1cc(C)c2c(c1)CCCC2.Cc1cc2c3ccccc3c(C)cc2c2ccccc12.Cc1cccc(C)c1C.Cc1cccc(C)c1C. The van der Waals surface area contributed by atoms with E-state index < -0.39 is 0 Å². The fourth-order valence-corrected chi connectivity index (χ4v) is 9.68. The highest BCUT2D eigenvalue weighted by Gasteiger charge is 2.13. The minimum absolute atomic E-state index is 1.30. The molecule has 0 radical (unpaired) electrons. The molecule has 0 bridgehead atoms. The molecule has 62 heavy (non-hydrogen) atoms. The van der Waals surface area contributed by atoms with Crippen molar-refractivity contribution in [2.75, 3.05) is 0 Å². The van der Waals surface area contributed by atoms with E-state index in [0.29, 0.717) is 0 Å². The normalized spacial score (nSPS) is 12.6. The molecule has 0 atom stereocenters. The van der Waals surface area contributed by atoms with Crippen LogP contribution in [-0.2, 0) is 25.7 Å². The van der Waals surface area contributed by atoms with Crippen LogP contribution >= 0.6 is 0 Å². The van der Waals surface area contributed by atoms with Crippen molar-refractivity contribution in [1.82, 2.24) is 0 Å². The third kappa shape index (κ3) is 11.1. The van der Waals surface area contributed by atoms with Crippen LogP contribution in [0.5, 0.6) is 0 Å². The van der Waals surface area contributed by atoms with Crippen LogP contribution < -0.4 is 0 Å². The maximum absolute atomic E-state index is 2.36. The van der Waals surface area contributed by atoms with Crippen molar-refractivity contribution in [1.29, 1.82) is 0 Å². The van der Waals surface area contributed by atoms with Crippen LogP contribution in [0.15, 0.2) is 121 Å². The summed E-state index contributed by atoms with van der Waals surface area (Å²) in [4.78, 5) is 0. The summed E-state index contributed by atoms with van der Waals surface area (Å²) >= 11 is 0. The highest BCUT2D eigenvalue weighted by molar-refractivity contribution is 6.18. The third-order valence-electron chi connectivity index (χ3n) is 13.7. The lowest BCUT2D eigenvalue weighted by Gasteiger charge is -2.18. The average Bonchev–Trinajstić information content (AvgIpc) is 3.26. The Hall–Kier alpha value is -5.46. The fourth-order valence-electron chi connectivity index (χ4n) is 9.68. The second-order valence-electron chi connectivity index (χ2n) is 18.5. The van der Waals surface area contributed by atoms with Crippen LogP contribution in [0.3, 0.4) is 0 Å². The molecule has 0 spiro atoms. The summed E-state index contributed by atoms with van der Waals surface area (Å²) in [6.07, 6.45) is 10.8. The first-order valence-corrected chi connectivity index (χ1v) is 23.3. The van der Waals surface area contributed by atoms with E-state index in [0.717, 1.165) is 0 Å². The van der Waals surface area contributed by atoms with Gasteiger partial charge in [0.1, 0.15) is 0 Å². The molecular weight excluding hydrogens is 745 g/mol. The van der Waals surface area contributed by atoms with Crippen molar-refractivity contribution in [3.63, 3.8) is 0 Å². The molecular formula is C62H72. The molecule has 8 aromatic rings. The Morgan fingerprint density at radius 2 is 0.581 bits per heavy atom. The smallest absolute Gasteiger partial charge is 0.00961 e. The molecule has 320 valence electrons. The summed E-state index contributed by atoms with van der Waals surface area (Å²) in [6.45, 7) is 26.2. The quantitative estimate of drug-likeness (QED) is 0.134. The van der Waals surface area contributed by atoms with Gasteiger partial charge in [-0.2, -0.15) is 0 Å². The van der Waals surface area contributed by atoms with Gasteiger partial charge in [-0.15, -0.1) is 0 Å². The number of rotatable bonds is 0. The van der Waals surface area contributed by atoms with Gasteiger partial charge >= 0.3 is 0 Å². The topological polar surface area (TPSA) is 0 Å². The Kier molecular flexibility index (Phi) is 15.7. The van der Waals surface area contributed by atoms with Crippen molar-refractivity contribution >= 4 is 32.3 Å². The molecule has 0 heteroatoms. The standard InChI is InChI=1S/C20H16.2C12H16.2C9H12/c1-13-11-19-18-10-6-4-8-16(18)14(2)12-20(19)17-9-5-3-7-15(13)17;2*1-9-7-10(2)12-6-4-3-5-11(12)8-9;2*1-7-5-4-6-8(2)9(7)3/h3-12H,1-2H3;2*7-8H,3-6H2,1-2H3;2*4-6H,1-3H3. The van der Waals surface area contributed by atoms with Crippen LogP contribution in [0.2, 0.25) is 0 Å². The van der Waals surface area contributed by atoms with Gasteiger partial charge in [0.05, 0.1) is 0 Å². The van der Waals surface area contributed by atoms with Crippen LogP contribution in [0.1, 0.15) is 115 Å². The van der Waals surface area contributed by atoms with Crippen LogP contribution in [-0.4, -0.2) is 0 Å². The lowest BCUT2D eigenvalue weighted by atomic mass is 9.87. The van der Waals surface area contributed by atoms with Gasteiger partial charge in [0.2, 0.25) is 0 Å². The monoisotopic (exact) mass is 817 g/mol. The van der Waals surface area contributed by atoms with Gasteiger partial charge in [0.15, 0.2) is 0 Å². The third-order valence-corrected chi connectivity index (χ3v) is 13.7.